The van der Waals surface area contributed by atoms with Crippen LogP contribution in [-0.4, -0.2) is 20.8 Å². The van der Waals surface area contributed by atoms with Gasteiger partial charge < -0.3 is 19.5 Å². The molecule has 1 N–H and O–H groups in total. The lowest BCUT2D eigenvalue weighted by molar-refractivity contribution is 0.340. The molecule has 0 radical (unpaired) electrons. The van der Waals surface area contributed by atoms with E-state index in [4.69, 9.17) is 14.2 Å². The summed E-state index contributed by atoms with van der Waals surface area (Å²) in [5.41, 5.74) is 1.65. The van der Waals surface area contributed by atoms with E-state index in [9.17, 15) is 5.26 Å². The van der Waals surface area contributed by atoms with Gasteiger partial charge in [0.2, 0.25) is 0 Å². The molecule has 120 valence electrons. The quantitative estimate of drug-likeness (QED) is 0.843. The number of hydrogen-bond donors (Lipinski definition) is 1. The maximum absolute atomic E-state index is 9.46. The maximum atomic E-state index is 9.46. The van der Waals surface area contributed by atoms with E-state index >= 15 is 0 Å². The summed E-state index contributed by atoms with van der Waals surface area (Å²) in [4.78, 5) is 0. The van der Waals surface area contributed by atoms with Crippen molar-refractivity contribution < 1.29 is 14.2 Å². The molecule has 1 atom stereocenters. The Labute approximate surface area is 136 Å². The Bertz CT molecular complexity index is 678. The molecule has 0 amide bonds. The third-order valence-corrected chi connectivity index (χ3v) is 3.35. The van der Waals surface area contributed by atoms with Crippen LogP contribution in [-0.2, 0) is 0 Å². The van der Waals surface area contributed by atoms with Crippen molar-refractivity contribution in [2.24, 2.45) is 0 Å². The molecule has 1 unspecified atom stereocenters. The van der Waals surface area contributed by atoms with Gasteiger partial charge in [0.05, 0.1) is 26.9 Å². The number of nitrogens with one attached hydrogen (secondary N) is 1. The monoisotopic (exact) mass is 312 g/mol. The molecule has 0 fully saturated rings. The lowest BCUT2D eigenvalue weighted by atomic mass is 10.1. The van der Waals surface area contributed by atoms with Gasteiger partial charge in [-0.05, 0) is 48.9 Å². The summed E-state index contributed by atoms with van der Waals surface area (Å²) in [6.07, 6.45) is 0. The Morgan fingerprint density at radius 3 is 2.30 bits per heavy atom. The second kappa shape index (κ2) is 7.95. The van der Waals surface area contributed by atoms with Gasteiger partial charge in [-0.25, -0.2) is 0 Å². The standard InChI is InChI=1S/C18H20N2O3/c1-4-23-15-8-6-14(7-9-15)20-16(12-19)13-5-10-17(21-2)18(11-13)22-3/h5-11,16,20H,4H2,1-3H3. The molecule has 0 spiro atoms. The fourth-order valence-corrected chi connectivity index (χ4v) is 2.20. The fraction of sp³-hybridized carbons (Fsp3) is 0.278. The Morgan fingerprint density at radius 2 is 1.74 bits per heavy atom. The number of methoxy groups -OCH3 is 2. The molecule has 0 aliphatic carbocycles. The molecule has 2 aromatic rings. The van der Waals surface area contributed by atoms with E-state index in [1.807, 2.05) is 37.3 Å². The van der Waals surface area contributed by atoms with E-state index in [2.05, 4.69) is 11.4 Å². The molecule has 5 nitrogen and oxygen atoms in total. The normalized spacial score (nSPS) is 11.2. The largest absolute Gasteiger partial charge is 0.494 e. The number of hydrogen-bond acceptors (Lipinski definition) is 5. The average Bonchev–Trinajstić information content (AvgIpc) is 2.60. The lowest BCUT2D eigenvalue weighted by Crippen LogP contribution is -2.09. The molecule has 0 saturated carbocycles. The van der Waals surface area contributed by atoms with Gasteiger partial charge in [-0.3, -0.25) is 0 Å². The summed E-state index contributed by atoms with van der Waals surface area (Å²) in [6, 6.07) is 14.7. The Balaban J connectivity index is 2.18. The van der Waals surface area contributed by atoms with E-state index in [1.165, 1.54) is 0 Å². The molecular weight excluding hydrogens is 292 g/mol. The van der Waals surface area contributed by atoms with Crippen molar-refractivity contribution in [2.45, 2.75) is 13.0 Å². The minimum atomic E-state index is -0.493. The van der Waals surface area contributed by atoms with Gasteiger partial charge in [0.25, 0.3) is 0 Å². The van der Waals surface area contributed by atoms with Crippen LogP contribution < -0.4 is 19.5 Å². The zero-order valence-electron chi connectivity index (χ0n) is 13.5. The van der Waals surface area contributed by atoms with E-state index < -0.39 is 6.04 Å². The smallest absolute Gasteiger partial charge is 0.161 e. The van der Waals surface area contributed by atoms with Crippen LogP contribution in [0.15, 0.2) is 42.5 Å². The van der Waals surface area contributed by atoms with Crippen molar-refractivity contribution in [3.63, 3.8) is 0 Å². The minimum Gasteiger partial charge on any atom is -0.494 e. The fourth-order valence-electron chi connectivity index (χ4n) is 2.20. The first-order valence-electron chi connectivity index (χ1n) is 7.32. The highest BCUT2D eigenvalue weighted by Crippen LogP contribution is 2.31. The van der Waals surface area contributed by atoms with Gasteiger partial charge in [-0.2, -0.15) is 5.26 Å². The number of benzene rings is 2. The van der Waals surface area contributed by atoms with Crippen LogP contribution >= 0.6 is 0 Å². The summed E-state index contributed by atoms with van der Waals surface area (Å²) in [6.45, 7) is 2.56. The topological polar surface area (TPSA) is 63.5 Å². The zero-order chi connectivity index (χ0) is 16.7. The third kappa shape index (κ3) is 4.07. The first-order valence-corrected chi connectivity index (χ1v) is 7.32. The molecule has 0 bridgehead atoms. The first kappa shape index (κ1) is 16.5. The molecular formula is C18H20N2O3. The van der Waals surface area contributed by atoms with Crippen molar-refractivity contribution in [1.29, 1.82) is 5.26 Å². The van der Waals surface area contributed by atoms with Crippen LogP contribution in [0.2, 0.25) is 0 Å². The van der Waals surface area contributed by atoms with E-state index in [0.717, 1.165) is 17.0 Å². The van der Waals surface area contributed by atoms with E-state index in [-0.39, 0.29) is 0 Å². The molecule has 2 aromatic carbocycles. The Kier molecular flexibility index (Phi) is 5.70. The van der Waals surface area contributed by atoms with Crippen molar-refractivity contribution in [3.05, 3.63) is 48.0 Å². The Morgan fingerprint density at radius 1 is 1.04 bits per heavy atom. The molecule has 23 heavy (non-hydrogen) atoms. The van der Waals surface area contributed by atoms with Crippen LogP contribution in [0, 0.1) is 11.3 Å². The number of rotatable bonds is 7. The molecule has 2 rings (SSSR count). The number of anilines is 1. The SMILES string of the molecule is CCOc1ccc(NC(C#N)c2ccc(OC)c(OC)c2)cc1. The first-order chi connectivity index (χ1) is 11.2. The molecule has 5 heteroatoms. The highest BCUT2D eigenvalue weighted by Gasteiger charge is 2.13. The summed E-state index contributed by atoms with van der Waals surface area (Å²) < 4.78 is 15.9. The van der Waals surface area contributed by atoms with Crippen LogP contribution in [0.5, 0.6) is 17.2 Å². The second-order valence-corrected chi connectivity index (χ2v) is 4.78. The number of ether oxygens (including phenoxy) is 3. The van der Waals surface area contributed by atoms with Gasteiger partial charge in [-0.1, -0.05) is 6.07 Å². The minimum absolute atomic E-state index is 0.493. The molecule has 0 heterocycles. The van der Waals surface area contributed by atoms with Crippen LogP contribution in [0.3, 0.4) is 0 Å². The van der Waals surface area contributed by atoms with Gasteiger partial charge in [0, 0.05) is 5.69 Å². The zero-order valence-corrected chi connectivity index (χ0v) is 13.5. The van der Waals surface area contributed by atoms with E-state index in [0.29, 0.717) is 18.1 Å². The highest BCUT2D eigenvalue weighted by atomic mass is 16.5. The third-order valence-electron chi connectivity index (χ3n) is 3.35. The predicted octanol–water partition coefficient (Wildman–Crippen LogP) is 3.78. The lowest BCUT2D eigenvalue weighted by Gasteiger charge is -2.16. The molecule has 0 aliphatic heterocycles. The van der Waals surface area contributed by atoms with Crippen molar-refractivity contribution in [1.82, 2.24) is 0 Å². The van der Waals surface area contributed by atoms with Crippen molar-refractivity contribution in [3.8, 4) is 23.3 Å². The van der Waals surface area contributed by atoms with Gasteiger partial charge >= 0.3 is 0 Å². The summed E-state index contributed by atoms with van der Waals surface area (Å²) in [5.74, 6) is 2.03. The highest BCUT2D eigenvalue weighted by molar-refractivity contribution is 5.52. The van der Waals surface area contributed by atoms with Crippen LogP contribution in [0.25, 0.3) is 0 Å². The summed E-state index contributed by atoms with van der Waals surface area (Å²) in [5, 5.41) is 12.7. The van der Waals surface area contributed by atoms with Crippen LogP contribution in [0.1, 0.15) is 18.5 Å². The molecule has 0 saturated heterocycles. The predicted molar refractivity (Wildman–Crippen MR) is 89.1 cm³/mol. The number of nitrogens with zero attached hydrogens (tertiary/aromatic N) is 1. The molecule has 0 aromatic heterocycles. The maximum Gasteiger partial charge on any atom is 0.161 e. The summed E-state index contributed by atoms with van der Waals surface area (Å²) >= 11 is 0. The van der Waals surface area contributed by atoms with Gasteiger partial charge in [0.15, 0.2) is 11.5 Å². The van der Waals surface area contributed by atoms with E-state index in [1.54, 1.807) is 26.4 Å². The van der Waals surface area contributed by atoms with Gasteiger partial charge in [0.1, 0.15) is 11.8 Å². The van der Waals surface area contributed by atoms with Crippen molar-refractivity contribution >= 4 is 5.69 Å². The van der Waals surface area contributed by atoms with Gasteiger partial charge in [-0.15, -0.1) is 0 Å². The summed E-state index contributed by atoms with van der Waals surface area (Å²) in [7, 11) is 3.15. The van der Waals surface area contributed by atoms with Crippen LogP contribution in [0.4, 0.5) is 5.69 Å². The Hall–Kier alpha value is -2.87. The molecule has 0 aliphatic rings. The second-order valence-electron chi connectivity index (χ2n) is 4.78. The average molecular weight is 312 g/mol. The van der Waals surface area contributed by atoms with Crippen molar-refractivity contribution in [2.75, 3.05) is 26.1 Å². The number of nitriles is 1.